The second-order valence-electron chi connectivity index (χ2n) is 15.5. The maximum atomic E-state index is 17.4. The van der Waals surface area contributed by atoms with Gasteiger partial charge in [0.1, 0.15) is 35.6 Å². The van der Waals surface area contributed by atoms with E-state index < -0.39 is 23.6 Å². The number of alkyl halides is 1. The van der Waals surface area contributed by atoms with Gasteiger partial charge in [0.15, 0.2) is 5.82 Å². The fourth-order valence-electron chi connectivity index (χ4n) is 8.86. The number of aryl methyl sites for hydroxylation is 1. The monoisotopic (exact) mass is 810 g/mol. The van der Waals surface area contributed by atoms with Crippen LogP contribution in [0.15, 0.2) is 36.5 Å². The Morgan fingerprint density at radius 2 is 1.95 bits per heavy atom. The van der Waals surface area contributed by atoms with E-state index in [1.54, 1.807) is 23.2 Å². The smallest absolute Gasteiger partial charge is 0.653 e. The zero-order chi connectivity index (χ0) is 38.1. The predicted octanol–water partition coefficient (Wildman–Crippen LogP) is 5.89. The van der Waals surface area contributed by atoms with Gasteiger partial charge in [0.05, 0.1) is 10.9 Å². The van der Waals surface area contributed by atoms with Crippen molar-refractivity contribution < 1.29 is 49.6 Å². The third-order valence-corrected chi connectivity index (χ3v) is 11.7. The average molecular weight is 811 g/mol. The number of pyridine rings is 1. The van der Waals surface area contributed by atoms with E-state index in [-0.39, 0.29) is 53.3 Å². The summed E-state index contributed by atoms with van der Waals surface area (Å²) in [5, 5.41) is 1.92. The van der Waals surface area contributed by atoms with E-state index in [4.69, 9.17) is 29.2 Å². The van der Waals surface area contributed by atoms with E-state index in [0.29, 0.717) is 62.2 Å². The molecular weight excluding hydrogens is 763 g/mol. The minimum Gasteiger partial charge on any atom is -0.653 e. The molecule has 8 rings (SSSR count). The standard InChI is InChI=1S/C41H47F2N7O5.Mn/c1-27-7-4-12-49(23-27)38-33-22-44-36(35(43)37(33)45-39(46-38)54-25-41-11-6-13-50(41)24-30(42)21-41)32-20-31(55-40(52)48-16-14-47(2)15-17-48)19-29-9-3-8-28(34(29)32)10-5-18-53-26-51;/h3,8-9,19-20,22,30H,4-7,10-18,21,23-25H2,1-2H3;/q-2;+2/t30-,41+;/m1./s1. The Kier molecular flexibility index (Phi) is 12.3. The largest absolute Gasteiger partial charge is 2.00 e. The molecule has 297 valence electrons. The molecule has 56 heavy (non-hydrogen) atoms. The number of carbonyl (C=O) groups is 1. The predicted molar refractivity (Wildman–Crippen MR) is 204 cm³/mol. The topological polar surface area (TPSA) is 113 Å². The number of fused-ring (bicyclic) bond motifs is 3. The summed E-state index contributed by atoms with van der Waals surface area (Å²) in [6.07, 6.45) is 5.39. The van der Waals surface area contributed by atoms with Crippen molar-refractivity contribution in [1.82, 2.24) is 29.7 Å². The van der Waals surface area contributed by atoms with Crippen LogP contribution in [0.1, 0.15) is 51.0 Å². The van der Waals surface area contributed by atoms with Crippen LogP contribution in [0.2, 0.25) is 0 Å². The van der Waals surface area contributed by atoms with Gasteiger partial charge in [0, 0.05) is 64.1 Å². The van der Waals surface area contributed by atoms with Crippen LogP contribution < -0.4 is 14.4 Å². The van der Waals surface area contributed by atoms with Gasteiger partial charge in [-0.05, 0) is 67.7 Å². The first-order chi connectivity index (χ1) is 26.7. The summed E-state index contributed by atoms with van der Waals surface area (Å²) in [5.74, 6) is 1.44. The molecule has 2 aromatic heterocycles. The number of carbonyl (C=O) groups excluding carboxylic acids is 2. The summed E-state index contributed by atoms with van der Waals surface area (Å²) >= 11 is 0. The molecule has 2 aromatic carbocycles. The van der Waals surface area contributed by atoms with E-state index >= 15 is 4.39 Å². The van der Waals surface area contributed by atoms with Gasteiger partial charge in [-0.15, -0.1) is 6.54 Å². The van der Waals surface area contributed by atoms with Crippen LogP contribution >= 0.6 is 0 Å². The molecule has 2 atom stereocenters. The number of aromatic nitrogens is 3. The first-order valence-corrected chi connectivity index (χ1v) is 19.4. The molecule has 1 radical (unpaired) electrons. The van der Waals surface area contributed by atoms with E-state index in [1.165, 1.54) is 12.4 Å². The van der Waals surface area contributed by atoms with E-state index in [9.17, 15) is 14.0 Å². The van der Waals surface area contributed by atoms with Crippen LogP contribution in [0.4, 0.5) is 19.4 Å². The quantitative estimate of drug-likeness (QED) is 0.103. The molecule has 0 spiro atoms. The van der Waals surface area contributed by atoms with Crippen molar-refractivity contribution in [2.75, 3.05) is 77.5 Å². The summed E-state index contributed by atoms with van der Waals surface area (Å²) in [5.41, 5.74) is 0.982. The summed E-state index contributed by atoms with van der Waals surface area (Å²) in [6, 6.07) is 9.22. The average Bonchev–Trinajstić information content (AvgIpc) is 3.71. The number of piperidine rings is 1. The van der Waals surface area contributed by atoms with Crippen LogP contribution in [0, 0.1) is 11.7 Å². The van der Waals surface area contributed by atoms with E-state index in [0.717, 1.165) is 68.2 Å². The van der Waals surface area contributed by atoms with Gasteiger partial charge in [-0.1, -0.05) is 31.1 Å². The molecule has 4 aliphatic heterocycles. The Labute approximate surface area is 336 Å². The molecule has 4 aromatic rings. The van der Waals surface area contributed by atoms with Crippen LogP contribution in [-0.4, -0.2) is 127 Å². The normalized spacial score (nSPS) is 22.0. The fraction of sp³-hybridized carbons (Fsp3) is 0.512. The number of rotatable bonds is 11. The number of likely N-dealkylation sites (N-methyl/N-ethyl adjacent to an activating group) is 1. The number of benzene rings is 2. The Bertz CT molecular complexity index is 2070. The van der Waals surface area contributed by atoms with Gasteiger partial charge in [-0.3, -0.25) is 15.8 Å². The fourth-order valence-corrected chi connectivity index (χ4v) is 8.86. The number of halogens is 2. The van der Waals surface area contributed by atoms with Crippen molar-refractivity contribution in [3.63, 3.8) is 0 Å². The Balaban J connectivity index is 0.00000480. The summed E-state index contributed by atoms with van der Waals surface area (Å²) in [4.78, 5) is 46.5. The minimum atomic E-state index is -0.915. The van der Waals surface area contributed by atoms with Gasteiger partial charge in [0.25, 0.3) is 0 Å². The second-order valence-corrected chi connectivity index (χ2v) is 15.5. The SMILES string of the molecule is C[C-]1CCCN(c2nc(OC[C@@]34CCCN3C[C@H](F)C4)nc3c(F)c(-c4cc(OC(=O)N5CCN(C)CC5)cc5cccc(CCCO[C-]=O)c45)ncc23)C1.[Mn+2]. The maximum absolute atomic E-state index is 17.4. The molecule has 4 saturated heterocycles. The van der Waals surface area contributed by atoms with Crippen LogP contribution in [-0.2, 0) is 33.0 Å². The number of amides is 1. The molecular formula is C41H47F2MnN7O5. The molecule has 0 saturated carbocycles. The van der Waals surface area contributed by atoms with Crippen LogP contribution in [0.3, 0.4) is 0 Å². The second kappa shape index (κ2) is 17.1. The molecule has 6 heterocycles. The molecule has 12 nitrogen and oxygen atoms in total. The van der Waals surface area contributed by atoms with Crippen molar-refractivity contribution in [3.05, 3.63) is 53.8 Å². The van der Waals surface area contributed by atoms with Crippen molar-refractivity contribution in [1.29, 1.82) is 0 Å². The third-order valence-electron chi connectivity index (χ3n) is 11.7. The Morgan fingerprint density at radius 1 is 1.11 bits per heavy atom. The van der Waals surface area contributed by atoms with Crippen molar-refractivity contribution in [3.8, 4) is 23.0 Å². The molecule has 4 aliphatic rings. The zero-order valence-electron chi connectivity index (χ0n) is 31.9. The van der Waals surface area contributed by atoms with Gasteiger partial charge >= 0.3 is 29.2 Å². The van der Waals surface area contributed by atoms with Gasteiger partial charge < -0.3 is 33.7 Å². The number of nitrogens with zero attached hydrogens (tertiary/aromatic N) is 7. The van der Waals surface area contributed by atoms with Gasteiger partial charge in [0.2, 0.25) is 0 Å². The molecule has 0 bridgehead atoms. The van der Waals surface area contributed by atoms with Crippen molar-refractivity contribution >= 4 is 40.1 Å². The minimum absolute atomic E-state index is 0. The zero-order valence-corrected chi connectivity index (χ0v) is 33.0. The molecule has 1 amide bonds. The molecule has 4 fully saturated rings. The number of hydrogen-bond acceptors (Lipinski definition) is 11. The molecule has 0 aliphatic carbocycles. The number of hydrogen-bond donors (Lipinski definition) is 0. The number of ether oxygens (including phenoxy) is 3. The van der Waals surface area contributed by atoms with E-state index in [2.05, 4.69) is 21.6 Å². The maximum Gasteiger partial charge on any atom is 2.00 e. The molecule has 0 unspecified atom stereocenters. The molecule has 15 heteroatoms. The van der Waals surface area contributed by atoms with E-state index in [1.807, 2.05) is 25.2 Å². The van der Waals surface area contributed by atoms with Crippen LogP contribution in [0.25, 0.3) is 32.9 Å². The number of piperazine rings is 1. The van der Waals surface area contributed by atoms with Crippen LogP contribution in [0.5, 0.6) is 11.8 Å². The van der Waals surface area contributed by atoms with Crippen molar-refractivity contribution in [2.24, 2.45) is 0 Å². The van der Waals surface area contributed by atoms with Crippen molar-refractivity contribution in [2.45, 2.75) is 63.6 Å². The summed E-state index contributed by atoms with van der Waals surface area (Å²) in [6.45, 7) is 9.12. The Hall–Kier alpha value is -4.17. The first-order valence-electron chi connectivity index (χ1n) is 19.4. The molecule has 0 N–H and O–H groups in total. The first kappa shape index (κ1) is 40.0. The number of anilines is 1. The third kappa shape index (κ3) is 8.14. The summed E-state index contributed by atoms with van der Waals surface area (Å²) in [7, 11) is 2.01. The van der Waals surface area contributed by atoms with Gasteiger partial charge in [-0.25, -0.2) is 13.6 Å². The Morgan fingerprint density at radius 3 is 2.75 bits per heavy atom. The van der Waals surface area contributed by atoms with Gasteiger partial charge in [-0.2, -0.15) is 23.3 Å². The summed E-state index contributed by atoms with van der Waals surface area (Å²) < 4.78 is 49.2.